The number of phenols is 1. The van der Waals surface area contributed by atoms with Crippen LogP contribution in [0.15, 0.2) is 55.1 Å². The number of rotatable bonds is 5. The van der Waals surface area contributed by atoms with E-state index in [9.17, 15) is 10.4 Å². The summed E-state index contributed by atoms with van der Waals surface area (Å²) in [7, 11) is 0. The number of benzene rings is 2. The normalized spacial score (nSPS) is 17.0. The molecule has 0 unspecified atom stereocenters. The Kier molecular flexibility index (Phi) is 4.82. The zero-order valence-electron chi connectivity index (χ0n) is 18.7. The van der Waals surface area contributed by atoms with E-state index in [0.29, 0.717) is 16.9 Å². The molecule has 1 saturated heterocycles. The Morgan fingerprint density at radius 3 is 2.66 bits per heavy atom. The lowest BCUT2D eigenvalue weighted by molar-refractivity contribution is -0.0415. The molecule has 2 aliphatic rings. The topological polar surface area (TPSA) is 65.1 Å². The first kappa shape index (κ1) is 20.4. The highest BCUT2D eigenvalue weighted by Crippen LogP contribution is 2.57. The molecule has 0 bridgehead atoms. The maximum Gasteiger partial charge on any atom is 0.116 e. The third-order valence-corrected chi connectivity index (χ3v) is 7.16. The first-order chi connectivity index (χ1) is 15.4. The second-order valence-electron chi connectivity index (χ2n) is 9.54. The van der Waals surface area contributed by atoms with Crippen LogP contribution in [0.2, 0.25) is 0 Å². The average Bonchev–Trinajstić information content (AvgIpc) is 3.07. The van der Waals surface area contributed by atoms with E-state index in [0.717, 1.165) is 49.4 Å². The highest BCUT2D eigenvalue weighted by molar-refractivity contribution is 5.69. The number of nitrogens with zero attached hydrogens (tertiary/aromatic N) is 4. The molecule has 1 aliphatic carbocycles. The van der Waals surface area contributed by atoms with Crippen molar-refractivity contribution in [2.45, 2.75) is 39.2 Å². The van der Waals surface area contributed by atoms with E-state index < -0.39 is 0 Å². The third kappa shape index (κ3) is 3.46. The van der Waals surface area contributed by atoms with Gasteiger partial charge in [0.15, 0.2) is 0 Å². The van der Waals surface area contributed by atoms with Crippen molar-refractivity contribution in [2.75, 3.05) is 13.1 Å². The molecular formula is C27H28N4O. The number of nitriles is 1. The molecule has 1 aromatic heterocycles. The van der Waals surface area contributed by atoms with Gasteiger partial charge in [-0.25, -0.2) is 0 Å². The van der Waals surface area contributed by atoms with Gasteiger partial charge in [-0.1, -0.05) is 30.8 Å². The summed E-state index contributed by atoms with van der Waals surface area (Å²) in [5.41, 5.74) is 7.46. The molecule has 32 heavy (non-hydrogen) atoms. The van der Waals surface area contributed by atoms with E-state index in [2.05, 4.69) is 66.4 Å². The number of hydrogen-bond acceptors (Lipinski definition) is 4. The number of phenolic OH excluding ortho intramolecular Hbond substituents is 1. The molecule has 0 radical (unpaired) electrons. The lowest BCUT2D eigenvalue weighted by atomic mass is 9.56. The molecule has 3 aromatic rings. The first-order valence-electron chi connectivity index (χ1n) is 11.1. The van der Waals surface area contributed by atoms with Gasteiger partial charge < -0.3 is 10.0 Å². The van der Waals surface area contributed by atoms with Crippen LogP contribution >= 0.6 is 0 Å². The molecule has 0 amide bonds. The van der Waals surface area contributed by atoms with Crippen LogP contribution < -0.4 is 0 Å². The minimum Gasteiger partial charge on any atom is -0.508 e. The summed E-state index contributed by atoms with van der Waals surface area (Å²) >= 11 is 0. The Labute approximate surface area is 189 Å². The summed E-state index contributed by atoms with van der Waals surface area (Å²) in [6.45, 7) is 11.2. The Morgan fingerprint density at radius 1 is 1.19 bits per heavy atom. The van der Waals surface area contributed by atoms with Crippen LogP contribution in [0.25, 0.3) is 5.70 Å². The molecule has 1 saturated carbocycles. The van der Waals surface area contributed by atoms with E-state index in [1.807, 2.05) is 0 Å². The third-order valence-electron chi connectivity index (χ3n) is 7.16. The van der Waals surface area contributed by atoms with Gasteiger partial charge in [0.05, 0.1) is 23.9 Å². The van der Waals surface area contributed by atoms with E-state index in [4.69, 9.17) is 5.10 Å². The average molecular weight is 425 g/mol. The summed E-state index contributed by atoms with van der Waals surface area (Å²) in [5, 5.41) is 24.0. The van der Waals surface area contributed by atoms with Crippen molar-refractivity contribution in [3.8, 4) is 11.8 Å². The van der Waals surface area contributed by atoms with Crippen LogP contribution in [0.5, 0.6) is 5.75 Å². The van der Waals surface area contributed by atoms with E-state index in [-0.39, 0.29) is 5.75 Å². The molecular weight excluding hydrogens is 396 g/mol. The predicted molar refractivity (Wildman–Crippen MR) is 125 cm³/mol. The van der Waals surface area contributed by atoms with Gasteiger partial charge in [-0.2, -0.15) is 10.4 Å². The molecule has 2 aromatic carbocycles. The fraction of sp³-hybridized carbons (Fsp3) is 0.333. The van der Waals surface area contributed by atoms with Gasteiger partial charge in [0, 0.05) is 41.4 Å². The Balaban J connectivity index is 1.25. The highest BCUT2D eigenvalue weighted by Gasteiger charge is 2.53. The van der Waals surface area contributed by atoms with Crippen molar-refractivity contribution < 1.29 is 5.11 Å². The zero-order chi connectivity index (χ0) is 22.5. The van der Waals surface area contributed by atoms with Crippen molar-refractivity contribution in [2.24, 2.45) is 5.41 Å². The number of aromatic hydroxyl groups is 1. The maximum absolute atomic E-state index is 9.85. The zero-order valence-corrected chi connectivity index (χ0v) is 18.7. The summed E-state index contributed by atoms with van der Waals surface area (Å²) in [4.78, 5) is 2.24. The number of likely N-dealkylation sites (tertiary alicyclic amines) is 1. The number of hydrogen-bond donors (Lipinski definition) is 1. The van der Waals surface area contributed by atoms with Crippen LogP contribution in [0.1, 0.15) is 52.4 Å². The molecule has 2 heterocycles. The summed E-state index contributed by atoms with van der Waals surface area (Å²) in [6.07, 6.45) is 2.31. The number of aryl methyl sites for hydroxylation is 2. The molecule has 1 N–H and O–H groups in total. The van der Waals surface area contributed by atoms with Crippen molar-refractivity contribution in [3.63, 3.8) is 0 Å². The van der Waals surface area contributed by atoms with Gasteiger partial charge in [0.25, 0.3) is 0 Å². The molecule has 1 spiro atoms. The molecule has 2 fully saturated rings. The van der Waals surface area contributed by atoms with Crippen molar-refractivity contribution in [1.82, 2.24) is 14.7 Å². The van der Waals surface area contributed by atoms with Crippen LogP contribution in [-0.4, -0.2) is 32.9 Å². The Bertz CT molecular complexity index is 1230. The molecule has 5 heteroatoms. The van der Waals surface area contributed by atoms with Crippen LogP contribution in [-0.2, 0) is 6.54 Å². The van der Waals surface area contributed by atoms with E-state index in [1.165, 1.54) is 16.8 Å². The molecule has 162 valence electrons. The summed E-state index contributed by atoms with van der Waals surface area (Å²) in [6, 6.07) is 17.8. The van der Waals surface area contributed by atoms with Gasteiger partial charge in [0.2, 0.25) is 0 Å². The van der Waals surface area contributed by atoms with Gasteiger partial charge >= 0.3 is 0 Å². The van der Waals surface area contributed by atoms with Gasteiger partial charge in [-0.15, -0.1) is 0 Å². The Hall–Kier alpha value is -3.52. The minimum atomic E-state index is 0.163. The second-order valence-corrected chi connectivity index (χ2v) is 9.54. The standard InChI is InChI=1S/C27H28N4O/c1-18-6-4-5-7-22(18)15-31-26(10-19(2)29-31)23-12-27(13-23)16-30(17-27)20(3)25-11-24(32)9-8-21(25)14-28/h4-11,23,32H,3,12-13,15-17H2,1-2H3. The number of aromatic nitrogens is 2. The van der Waals surface area contributed by atoms with Gasteiger partial charge in [0.1, 0.15) is 5.75 Å². The Morgan fingerprint density at radius 2 is 1.94 bits per heavy atom. The van der Waals surface area contributed by atoms with Gasteiger partial charge in [-0.3, -0.25) is 4.68 Å². The van der Waals surface area contributed by atoms with Crippen LogP contribution in [0.3, 0.4) is 0 Å². The lowest BCUT2D eigenvalue weighted by Gasteiger charge is -2.60. The van der Waals surface area contributed by atoms with Crippen molar-refractivity contribution in [1.29, 1.82) is 5.26 Å². The van der Waals surface area contributed by atoms with Crippen LogP contribution in [0, 0.1) is 30.6 Å². The molecule has 5 nitrogen and oxygen atoms in total. The summed E-state index contributed by atoms with van der Waals surface area (Å²) in [5.74, 6) is 0.697. The van der Waals surface area contributed by atoms with Gasteiger partial charge in [-0.05, 0) is 62.1 Å². The predicted octanol–water partition coefficient (Wildman–Crippen LogP) is 4.98. The highest BCUT2D eigenvalue weighted by atomic mass is 16.3. The minimum absolute atomic E-state index is 0.163. The quantitative estimate of drug-likeness (QED) is 0.628. The van der Waals surface area contributed by atoms with Crippen LogP contribution in [0.4, 0.5) is 0 Å². The first-order valence-corrected chi connectivity index (χ1v) is 11.1. The second kappa shape index (κ2) is 7.56. The maximum atomic E-state index is 9.85. The summed E-state index contributed by atoms with van der Waals surface area (Å²) < 4.78 is 2.19. The monoisotopic (exact) mass is 424 g/mol. The molecule has 1 aliphatic heterocycles. The largest absolute Gasteiger partial charge is 0.508 e. The SMILES string of the molecule is C=C(c1cc(O)ccc1C#N)N1CC2(CC(c3cc(C)nn3Cc3ccccc3C)C2)C1. The smallest absolute Gasteiger partial charge is 0.116 e. The van der Waals surface area contributed by atoms with E-state index >= 15 is 0 Å². The fourth-order valence-electron chi connectivity index (χ4n) is 5.42. The van der Waals surface area contributed by atoms with E-state index in [1.54, 1.807) is 18.2 Å². The van der Waals surface area contributed by atoms with Crippen molar-refractivity contribution >= 4 is 5.70 Å². The lowest BCUT2D eigenvalue weighted by Crippen LogP contribution is -2.60. The molecule has 0 atom stereocenters. The van der Waals surface area contributed by atoms with Crippen molar-refractivity contribution in [3.05, 3.63) is 88.8 Å². The molecule has 5 rings (SSSR count). The fourth-order valence-corrected chi connectivity index (χ4v) is 5.42.